The maximum Gasteiger partial charge on any atom is 0.226 e. The quantitative estimate of drug-likeness (QED) is 0.784. The van der Waals surface area contributed by atoms with Gasteiger partial charge in [0.15, 0.2) is 5.82 Å². The van der Waals surface area contributed by atoms with Crippen LogP contribution in [-0.4, -0.2) is 16.7 Å². The average molecular weight is 267 g/mol. The Bertz CT molecular complexity index is 355. The molecule has 1 unspecified atom stereocenters. The molecular formula is C15H29N3O. The van der Waals surface area contributed by atoms with E-state index in [2.05, 4.69) is 37.8 Å². The van der Waals surface area contributed by atoms with Crippen molar-refractivity contribution < 1.29 is 4.52 Å². The molecule has 1 heterocycles. The van der Waals surface area contributed by atoms with Crippen molar-refractivity contribution in [2.24, 2.45) is 17.1 Å². The Morgan fingerprint density at radius 1 is 1.21 bits per heavy atom. The summed E-state index contributed by atoms with van der Waals surface area (Å²) in [4.78, 5) is 4.45. The van der Waals surface area contributed by atoms with Crippen LogP contribution in [0.4, 0.5) is 0 Å². The zero-order valence-electron chi connectivity index (χ0n) is 12.9. The first-order valence-corrected chi connectivity index (χ1v) is 7.49. The summed E-state index contributed by atoms with van der Waals surface area (Å²) in [7, 11) is 0. The molecule has 1 aromatic heterocycles. The van der Waals surface area contributed by atoms with Crippen molar-refractivity contribution >= 4 is 0 Å². The van der Waals surface area contributed by atoms with Gasteiger partial charge in [-0.15, -0.1) is 0 Å². The van der Waals surface area contributed by atoms with Crippen LogP contribution in [0.5, 0.6) is 0 Å². The van der Waals surface area contributed by atoms with Crippen LogP contribution < -0.4 is 5.73 Å². The van der Waals surface area contributed by atoms with Crippen molar-refractivity contribution in [3.63, 3.8) is 0 Å². The molecule has 0 aliphatic heterocycles. The van der Waals surface area contributed by atoms with Crippen LogP contribution in [0, 0.1) is 11.3 Å². The van der Waals surface area contributed by atoms with Crippen molar-refractivity contribution in [1.82, 2.24) is 10.1 Å². The van der Waals surface area contributed by atoms with E-state index in [0.717, 1.165) is 56.8 Å². The van der Waals surface area contributed by atoms with E-state index in [-0.39, 0.29) is 5.41 Å². The predicted molar refractivity (Wildman–Crippen MR) is 77.8 cm³/mol. The number of hydrogen-bond acceptors (Lipinski definition) is 4. The molecule has 1 atom stereocenters. The summed E-state index contributed by atoms with van der Waals surface area (Å²) < 4.78 is 5.31. The van der Waals surface area contributed by atoms with E-state index in [4.69, 9.17) is 10.3 Å². The molecule has 0 fully saturated rings. The minimum absolute atomic E-state index is 0.282. The minimum atomic E-state index is 0.282. The molecule has 0 bridgehead atoms. The summed E-state index contributed by atoms with van der Waals surface area (Å²) in [6, 6.07) is 0. The molecule has 4 heteroatoms. The molecule has 1 aromatic rings. The monoisotopic (exact) mass is 267 g/mol. The topological polar surface area (TPSA) is 64.9 Å². The third kappa shape index (κ3) is 5.72. The molecule has 0 radical (unpaired) electrons. The molecule has 0 saturated carbocycles. The van der Waals surface area contributed by atoms with E-state index in [1.54, 1.807) is 0 Å². The SMILES string of the molecule is CCCCc1noc(CCC(CCN)C(C)(C)C)n1. The molecule has 0 saturated heterocycles. The normalized spacial score (nSPS) is 13.7. The Hall–Kier alpha value is -0.900. The van der Waals surface area contributed by atoms with E-state index < -0.39 is 0 Å². The van der Waals surface area contributed by atoms with Gasteiger partial charge in [-0.25, -0.2) is 0 Å². The molecular weight excluding hydrogens is 238 g/mol. The number of aromatic nitrogens is 2. The second-order valence-electron chi connectivity index (χ2n) is 6.39. The molecule has 19 heavy (non-hydrogen) atoms. The fourth-order valence-corrected chi connectivity index (χ4v) is 2.34. The molecule has 1 rings (SSSR count). The summed E-state index contributed by atoms with van der Waals surface area (Å²) in [5.74, 6) is 2.23. The average Bonchev–Trinajstić information content (AvgIpc) is 2.78. The van der Waals surface area contributed by atoms with Crippen LogP contribution in [0.3, 0.4) is 0 Å². The lowest BCUT2D eigenvalue weighted by molar-refractivity contribution is 0.208. The molecule has 0 amide bonds. The maximum atomic E-state index is 5.70. The van der Waals surface area contributed by atoms with Crippen molar-refractivity contribution in [3.8, 4) is 0 Å². The molecule has 0 aliphatic rings. The van der Waals surface area contributed by atoms with Gasteiger partial charge in [-0.05, 0) is 37.1 Å². The third-order valence-electron chi connectivity index (χ3n) is 3.71. The first-order valence-electron chi connectivity index (χ1n) is 7.49. The maximum absolute atomic E-state index is 5.70. The highest BCUT2D eigenvalue weighted by atomic mass is 16.5. The van der Waals surface area contributed by atoms with Gasteiger partial charge in [0.05, 0.1) is 0 Å². The zero-order valence-corrected chi connectivity index (χ0v) is 12.9. The standard InChI is InChI=1S/C15H29N3O/c1-5-6-7-13-17-14(19-18-13)9-8-12(10-11-16)15(2,3)4/h12H,5-11,16H2,1-4H3. The van der Waals surface area contributed by atoms with Crippen LogP contribution in [0.2, 0.25) is 0 Å². The Morgan fingerprint density at radius 2 is 1.95 bits per heavy atom. The second kappa shape index (κ2) is 7.63. The Kier molecular flexibility index (Phi) is 6.49. The van der Waals surface area contributed by atoms with Crippen LogP contribution in [0.1, 0.15) is 65.1 Å². The van der Waals surface area contributed by atoms with Gasteiger partial charge >= 0.3 is 0 Å². The van der Waals surface area contributed by atoms with Gasteiger partial charge in [-0.2, -0.15) is 4.98 Å². The highest BCUT2D eigenvalue weighted by Crippen LogP contribution is 2.32. The fourth-order valence-electron chi connectivity index (χ4n) is 2.34. The van der Waals surface area contributed by atoms with Crippen molar-refractivity contribution in [3.05, 3.63) is 11.7 Å². The third-order valence-corrected chi connectivity index (χ3v) is 3.71. The van der Waals surface area contributed by atoms with Gasteiger partial charge in [-0.1, -0.05) is 39.3 Å². The summed E-state index contributed by atoms with van der Waals surface area (Å²) >= 11 is 0. The Balaban J connectivity index is 2.47. The zero-order chi connectivity index (χ0) is 14.3. The summed E-state index contributed by atoms with van der Waals surface area (Å²) in [6.07, 6.45) is 6.19. The van der Waals surface area contributed by atoms with Gasteiger partial charge < -0.3 is 10.3 Å². The van der Waals surface area contributed by atoms with Gasteiger partial charge in [0, 0.05) is 12.8 Å². The van der Waals surface area contributed by atoms with E-state index >= 15 is 0 Å². The molecule has 0 aromatic carbocycles. The molecule has 4 nitrogen and oxygen atoms in total. The van der Waals surface area contributed by atoms with Crippen LogP contribution in [0.15, 0.2) is 4.52 Å². The number of aryl methyl sites for hydroxylation is 2. The number of nitrogens with two attached hydrogens (primary N) is 1. The summed E-state index contributed by atoms with van der Waals surface area (Å²) in [5.41, 5.74) is 5.98. The molecule has 2 N–H and O–H groups in total. The smallest absolute Gasteiger partial charge is 0.226 e. The van der Waals surface area contributed by atoms with Crippen molar-refractivity contribution in [2.75, 3.05) is 6.54 Å². The molecule has 0 aliphatic carbocycles. The van der Waals surface area contributed by atoms with E-state index in [0.29, 0.717) is 5.92 Å². The number of unbranched alkanes of at least 4 members (excludes halogenated alkanes) is 1. The Labute approximate surface area is 117 Å². The number of rotatable bonds is 8. The van der Waals surface area contributed by atoms with E-state index in [9.17, 15) is 0 Å². The fraction of sp³-hybridized carbons (Fsp3) is 0.867. The highest BCUT2D eigenvalue weighted by molar-refractivity contribution is 4.88. The summed E-state index contributed by atoms with van der Waals surface area (Å²) in [5, 5.41) is 4.03. The second-order valence-corrected chi connectivity index (χ2v) is 6.39. The lowest BCUT2D eigenvalue weighted by Crippen LogP contribution is -2.24. The number of hydrogen-bond donors (Lipinski definition) is 1. The minimum Gasteiger partial charge on any atom is -0.339 e. The lowest BCUT2D eigenvalue weighted by atomic mass is 9.76. The first-order chi connectivity index (χ1) is 8.97. The van der Waals surface area contributed by atoms with Crippen LogP contribution in [0.25, 0.3) is 0 Å². The van der Waals surface area contributed by atoms with Crippen molar-refractivity contribution in [1.29, 1.82) is 0 Å². The highest BCUT2D eigenvalue weighted by Gasteiger charge is 2.24. The van der Waals surface area contributed by atoms with Gasteiger partial charge in [0.1, 0.15) is 0 Å². The van der Waals surface area contributed by atoms with Gasteiger partial charge in [0.25, 0.3) is 0 Å². The van der Waals surface area contributed by atoms with Crippen LogP contribution in [-0.2, 0) is 12.8 Å². The predicted octanol–water partition coefficient (Wildman–Crippen LogP) is 3.36. The van der Waals surface area contributed by atoms with E-state index in [1.165, 1.54) is 0 Å². The Morgan fingerprint density at radius 3 is 2.53 bits per heavy atom. The molecule has 0 spiro atoms. The lowest BCUT2D eigenvalue weighted by Gasteiger charge is -2.30. The number of nitrogens with zero attached hydrogens (tertiary/aromatic N) is 2. The van der Waals surface area contributed by atoms with Gasteiger partial charge in [-0.3, -0.25) is 0 Å². The molecule has 110 valence electrons. The first kappa shape index (κ1) is 16.2. The summed E-state index contributed by atoms with van der Waals surface area (Å²) in [6.45, 7) is 9.73. The van der Waals surface area contributed by atoms with Crippen LogP contribution >= 0.6 is 0 Å². The largest absolute Gasteiger partial charge is 0.339 e. The van der Waals surface area contributed by atoms with Crippen molar-refractivity contribution in [2.45, 2.75) is 66.2 Å². The van der Waals surface area contributed by atoms with E-state index in [1.807, 2.05) is 0 Å². The van der Waals surface area contributed by atoms with Gasteiger partial charge in [0.2, 0.25) is 5.89 Å².